The lowest BCUT2D eigenvalue weighted by molar-refractivity contribution is -0.154. The SMILES string of the molecule is C=CCOC(=O)C(=O)C(NC(=O)C(C)NNc1ccc(COC(=O)N2c3cc(OCCCCCOc4cc5c(cc4OC)C(=O)N4C=C(C)CC4C(O[Si](C)(C)C(C)(C)C)N5C(=O)O)c(OC)cc3C(=O)N3C=C(C)CC3[C@@H]2O[Si](C)(C)C(C)(C)C)cc1)C(C)C. The average Bonchev–Trinajstić information content (AvgIpc) is 1.65. The van der Waals surface area contributed by atoms with Gasteiger partial charge in [0.1, 0.15) is 25.3 Å². The molecule has 5 amide bonds. The maximum absolute atomic E-state index is 15.1. The van der Waals surface area contributed by atoms with E-state index in [1.807, 2.05) is 13.8 Å². The van der Waals surface area contributed by atoms with Crippen LogP contribution >= 0.6 is 0 Å². The summed E-state index contributed by atoms with van der Waals surface area (Å²) in [5.74, 6) is -2.52. The topological polar surface area (TPSA) is 263 Å². The Bertz CT molecular complexity index is 3300. The highest BCUT2D eigenvalue weighted by atomic mass is 28.4. The second-order valence-electron chi connectivity index (χ2n) is 27.0. The molecule has 3 aromatic carbocycles. The molecule has 0 spiro atoms. The van der Waals surface area contributed by atoms with E-state index in [1.54, 1.807) is 85.4 Å². The van der Waals surface area contributed by atoms with Crippen molar-refractivity contribution in [2.45, 2.75) is 188 Å². The molecule has 5 unspecified atom stereocenters. The summed E-state index contributed by atoms with van der Waals surface area (Å²) >= 11 is 0. The van der Waals surface area contributed by atoms with Gasteiger partial charge in [-0.3, -0.25) is 19.2 Å². The number of hydrogen-bond donors (Lipinski definition) is 4. The Morgan fingerprint density at radius 1 is 0.692 bits per heavy atom. The predicted molar refractivity (Wildman–Crippen MR) is 350 cm³/mol. The van der Waals surface area contributed by atoms with E-state index in [0.717, 1.165) is 11.1 Å². The molecular formula is C66H93N7O16Si2. The highest BCUT2D eigenvalue weighted by Crippen LogP contribution is 2.48. The van der Waals surface area contributed by atoms with Gasteiger partial charge in [0.05, 0.1) is 62.0 Å². The summed E-state index contributed by atoms with van der Waals surface area (Å²) in [4.78, 5) is 102. The third kappa shape index (κ3) is 16.0. The zero-order valence-electron chi connectivity index (χ0n) is 55.8. The first-order valence-electron chi connectivity index (χ1n) is 30.9. The van der Waals surface area contributed by atoms with Gasteiger partial charge in [-0.25, -0.2) is 29.6 Å². The Kier molecular flexibility index (Phi) is 22.4. The molecule has 4 aliphatic rings. The minimum Gasteiger partial charge on any atom is -0.493 e. The summed E-state index contributed by atoms with van der Waals surface area (Å²) in [7, 11) is -2.37. The molecule has 4 heterocycles. The van der Waals surface area contributed by atoms with Crippen molar-refractivity contribution in [1.82, 2.24) is 20.5 Å². The van der Waals surface area contributed by atoms with Gasteiger partial charge in [0, 0.05) is 30.2 Å². The molecule has 0 bridgehead atoms. The number of nitrogens with zero attached hydrogens (tertiary/aromatic N) is 4. The van der Waals surface area contributed by atoms with Crippen LogP contribution in [0.2, 0.25) is 36.3 Å². The van der Waals surface area contributed by atoms with Crippen molar-refractivity contribution in [1.29, 1.82) is 0 Å². The second kappa shape index (κ2) is 28.8. The van der Waals surface area contributed by atoms with Crippen LogP contribution in [0.4, 0.5) is 26.7 Å². The number of carbonyl (C=O) groups is 7. The van der Waals surface area contributed by atoms with Crippen LogP contribution in [0.1, 0.15) is 135 Å². The van der Waals surface area contributed by atoms with Crippen LogP contribution in [0.25, 0.3) is 0 Å². The van der Waals surface area contributed by atoms with Gasteiger partial charge in [-0.05, 0) is 125 Å². The number of rotatable bonds is 26. The number of benzene rings is 3. The monoisotopic (exact) mass is 1300 g/mol. The second-order valence-corrected chi connectivity index (χ2v) is 36.5. The van der Waals surface area contributed by atoms with E-state index >= 15 is 4.79 Å². The number of ketones is 1. The highest BCUT2D eigenvalue weighted by Gasteiger charge is 2.53. The van der Waals surface area contributed by atoms with Crippen LogP contribution < -0.4 is 44.9 Å². The minimum atomic E-state index is -2.71. The molecule has 496 valence electrons. The van der Waals surface area contributed by atoms with Gasteiger partial charge in [0.2, 0.25) is 5.91 Å². The van der Waals surface area contributed by atoms with Crippen molar-refractivity contribution < 1.29 is 75.9 Å². The molecule has 0 radical (unpaired) electrons. The van der Waals surface area contributed by atoms with Crippen LogP contribution in [0, 0.1) is 5.92 Å². The number of anilines is 3. The Labute approximate surface area is 536 Å². The molecule has 0 saturated heterocycles. The van der Waals surface area contributed by atoms with Crippen LogP contribution in [-0.2, 0) is 39.3 Å². The lowest BCUT2D eigenvalue weighted by Gasteiger charge is -2.44. The Morgan fingerprint density at radius 2 is 1.16 bits per heavy atom. The first-order chi connectivity index (χ1) is 42.6. The Morgan fingerprint density at radius 3 is 1.60 bits per heavy atom. The van der Waals surface area contributed by atoms with Gasteiger partial charge in [0.15, 0.2) is 52.1 Å². The zero-order valence-corrected chi connectivity index (χ0v) is 57.8. The maximum Gasteiger partial charge on any atom is 0.416 e. The molecule has 7 rings (SSSR count). The third-order valence-corrected chi connectivity index (χ3v) is 26.6. The molecule has 0 fully saturated rings. The van der Waals surface area contributed by atoms with Crippen molar-refractivity contribution >= 4 is 75.4 Å². The van der Waals surface area contributed by atoms with Crippen LogP contribution in [-0.4, -0.2) is 144 Å². The van der Waals surface area contributed by atoms with E-state index in [4.69, 9.17) is 37.3 Å². The molecule has 0 saturated carbocycles. The number of methoxy groups -OCH3 is 2. The van der Waals surface area contributed by atoms with E-state index in [-0.39, 0.29) is 93.8 Å². The number of carboxylic acid groups (broad SMARTS) is 1. The summed E-state index contributed by atoms with van der Waals surface area (Å²) in [6, 6.07) is 10.1. The normalized spacial score (nSPS) is 18.9. The number of ether oxygens (including phenoxy) is 6. The van der Waals surface area contributed by atoms with E-state index in [1.165, 1.54) is 36.2 Å². The Hall–Kier alpha value is -7.72. The van der Waals surface area contributed by atoms with Crippen LogP contribution in [0.5, 0.6) is 23.0 Å². The van der Waals surface area contributed by atoms with Gasteiger partial charge >= 0.3 is 18.2 Å². The minimum absolute atomic E-state index is 0.138. The lowest BCUT2D eigenvalue weighted by atomic mass is 9.99. The Balaban J connectivity index is 1.07. The number of amides is 5. The molecule has 4 N–H and O–H groups in total. The molecule has 25 heteroatoms. The standard InChI is InChI=1S/C66H93N7O16Si2/c1-19-27-86-62(78)56(74)55(39(2)3)67-57(75)42(6)68-69-44-25-23-43(24-26-44)38-87-64(81)73-48-35-54(52(83-14)33-46(48)59(77)71-37-41(5)31-50(71)61(73)89-91(17,18)66(10,11)12)85-29-22-20-21-28-84-53-34-47-45(32-51(53)82-13)58(76)70-36-40(4)30-49(70)60(72(47)63(79)80)88-90(15,16)65(7,8)9/h19,23-26,32-37,39,42,49-50,55,60-61,68-69H,1,20-22,27-31,38H2,2-18H3,(H,67,75)(H,79,80)/t42?,49?,50?,55?,60?,61-/m0/s1. The smallest absolute Gasteiger partial charge is 0.416 e. The van der Waals surface area contributed by atoms with Crippen molar-refractivity contribution in [2.24, 2.45) is 5.92 Å². The summed E-state index contributed by atoms with van der Waals surface area (Å²) in [5.41, 5.74) is 9.63. The molecular weight excluding hydrogens is 1200 g/mol. The fourth-order valence-corrected chi connectivity index (χ4v) is 12.9. The number of hydrazine groups is 1. The van der Waals surface area contributed by atoms with Crippen LogP contribution in [0.15, 0.2) is 84.7 Å². The average molecular weight is 1300 g/mol. The van der Waals surface area contributed by atoms with Crippen molar-refractivity contribution in [3.05, 3.63) is 101 Å². The van der Waals surface area contributed by atoms with E-state index in [2.05, 4.69) is 90.5 Å². The van der Waals surface area contributed by atoms with Gasteiger partial charge in [-0.15, -0.1) is 0 Å². The zero-order chi connectivity index (χ0) is 67.2. The van der Waals surface area contributed by atoms with E-state index in [0.29, 0.717) is 43.4 Å². The molecule has 91 heavy (non-hydrogen) atoms. The molecule has 23 nitrogen and oxygen atoms in total. The predicted octanol–water partition coefficient (Wildman–Crippen LogP) is 11.7. The number of Topliss-reactive ketones (excluding diaryl/α,β-unsaturated/α-hetero) is 1. The summed E-state index contributed by atoms with van der Waals surface area (Å²) < 4.78 is 49.6. The van der Waals surface area contributed by atoms with Gasteiger partial charge in [0.25, 0.3) is 17.6 Å². The number of nitrogens with one attached hydrogen (secondary N) is 3. The lowest BCUT2D eigenvalue weighted by Crippen LogP contribution is -2.57. The number of hydrogen-bond acceptors (Lipinski definition) is 17. The maximum atomic E-state index is 15.1. The van der Waals surface area contributed by atoms with Gasteiger partial charge in [-0.1, -0.05) is 91.3 Å². The summed E-state index contributed by atoms with van der Waals surface area (Å²) in [5, 5.41) is 13.0. The third-order valence-electron chi connectivity index (χ3n) is 17.7. The van der Waals surface area contributed by atoms with E-state index in [9.17, 15) is 33.9 Å². The van der Waals surface area contributed by atoms with Crippen molar-refractivity contribution in [3.8, 4) is 23.0 Å². The number of fused-ring (bicyclic) bond motifs is 4. The van der Waals surface area contributed by atoms with Crippen molar-refractivity contribution in [3.63, 3.8) is 0 Å². The number of unbranched alkanes of at least 4 members (excludes halogenated alkanes) is 2. The largest absolute Gasteiger partial charge is 0.493 e. The summed E-state index contributed by atoms with van der Waals surface area (Å²) in [6.07, 6.45) is 3.49. The summed E-state index contributed by atoms with van der Waals surface area (Å²) in [6.45, 7) is 33.3. The molecule has 0 aromatic heterocycles. The first-order valence-corrected chi connectivity index (χ1v) is 36.7. The molecule has 6 atom stereocenters. The molecule has 3 aromatic rings. The molecule has 4 aliphatic heterocycles. The van der Waals surface area contributed by atoms with Gasteiger partial charge in [-0.2, -0.15) is 0 Å². The van der Waals surface area contributed by atoms with Crippen molar-refractivity contribution in [2.75, 3.05) is 49.3 Å². The van der Waals surface area contributed by atoms with E-state index < -0.39 is 89.0 Å². The van der Waals surface area contributed by atoms with Gasteiger partial charge < -0.3 is 62.9 Å². The number of esters is 1. The quantitative estimate of drug-likeness (QED) is 0.0145. The fourth-order valence-electron chi connectivity index (χ4n) is 10.5. The van der Waals surface area contributed by atoms with Crippen LogP contribution in [0.3, 0.4) is 0 Å². The highest BCUT2D eigenvalue weighted by molar-refractivity contribution is 6.74. The first kappa shape index (κ1) is 70.7. The molecule has 0 aliphatic carbocycles. The number of carbonyl (C=O) groups excluding carboxylic acids is 6. The fraction of sp³-hybridized carbons (Fsp3) is 0.530.